The molecule has 0 fully saturated rings. The van der Waals surface area contributed by atoms with Crippen LogP contribution in [-0.4, -0.2) is 46.5 Å². The van der Waals surface area contributed by atoms with E-state index in [1.807, 2.05) is 12.1 Å². The fourth-order valence-corrected chi connectivity index (χ4v) is 3.46. The Hall–Kier alpha value is -3.88. The normalized spacial score (nSPS) is 11.1. The van der Waals surface area contributed by atoms with E-state index in [1.54, 1.807) is 44.0 Å². The number of methoxy groups -OCH3 is 3. The van der Waals surface area contributed by atoms with E-state index in [-0.39, 0.29) is 11.1 Å². The molecule has 0 aliphatic rings. The predicted molar refractivity (Wildman–Crippen MR) is 109 cm³/mol. The highest BCUT2D eigenvalue weighted by Crippen LogP contribution is 2.28. The van der Waals surface area contributed by atoms with Crippen LogP contribution in [0.25, 0.3) is 16.6 Å². The van der Waals surface area contributed by atoms with Crippen molar-refractivity contribution in [2.75, 3.05) is 21.3 Å². The van der Waals surface area contributed by atoms with Gasteiger partial charge in [0.15, 0.2) is 17.1 Å². The van der Waals surface area contributed by atoms with Gasteiger partial charge in [-0.2, -0.15) is 5.10 Å². The largest absolute Gasteiger partial charge is 0.493 e. The SMILES string of the molecule is COC(=O)c1c(C)nn2c1ncc1c(=O)n(Cc3ccc(OC)c(OC)c3)ccc12. The van der Waals surface area contributed by atoms with Crippen molar-refractivity contribution in [1.29, 1.82) is 0 Å². The summed E-state index contributed by atoms with van der Waals surface area (Å²) in [7, 11) is 4.44. The van der Waals surface area contributed by atoms with Gasteiger partial charge in [0.1, 0.15) is 5.56 Å². The summed E-state index contributed by atoms with van der Waals surface area (Å²) in [5.41, 5.74) is 2.34. The molecule has 0 amide bonds. The smallest absolute Gasteiger partial charge is 0.343 e. The summed E-state index contributed by atoms with van der Waals surface area (Å²) >= 11 is 0. The van der Waals surface area contributed by atoms with Gasteiger partial charge in [0.05, 0.1) is 44.5 Å². The van der Waals surface area contributed by atoms with Gasteiger partial charge in [-0.05, 0) is 30.7 Å². The van der Waals surface area contributed by atoms with Gasteiger partial charge in [-0.3, -0.25) is 4.79 Å². The molecule has 0 N–H and O–H groups in total. The van der Waals surface area contributed by atoms with Crippen LogP contribution in [0.2, 0.25) is 0 Å². The first-order valence-corrected chi connectivity index (χ1v) is 9.15. The standard InChI is InChI=1S/C21H20N4O5/c1-12-18(21(27)30-4)19-22-10-14-15(25(19)23-12)7-8-24(20(14)26)11-13-5-6-16(28-2)17(9-13)29-3/h5-10H,11H2,1-4H3. The fraction of sp³-hybridized carbons (Fsp3) is 0.238. The topological polar surface area (TPSA) is 97.0 Å². The highest BCUT2D eigenvalue weighted by molar-refractivity contribution is 5.98. The number of carbonyl (C=O) groups excluding carboxylic acids is 1. The summed E-state index contributed by atoms with van der Waals surface area (Å²) in [5.74, 6) is 0.694. The quantitative estimate of drug-likeness (QED) is 0.467. The van der Waals surface area contributed by atoms with E-state index in [0.717, 1.165) is 5.56 Å². The van der Waals surface area contributed by atoms with E-state index in [0.29, 0.717) is 40.3 Å². The number of aryl methyl sites for hydroxylation is 1. The number of hydrogen-bond donors (Lipinski definition) is 0. The van der Waals surface area contributed by atoms with Crippen LogP contribution in [0, 0.1) is 6.92 Å². The summed E-state index contributed by atoms with van der Waals surface area (Å²) in [6.45, 7) is 2.05. The molecule has 0 aliphatic heterocycles. The molecular formula is C21H20N4O5. The zero-order valence-corrected chi connectivity index (χ0v) is 17.0. The fourth-order valence-electron chi connectivity index (χ4n) is 3.46. The summed E-state index contributed by atoms with van der Waals surface area (Å²) < 4.78 is 18.5. The van der Waals surface area contributed by atoms with Crippen molar-refractivity contribution in [3.8, 4) is 11.5 Å². The van der Waals surface area contributed by atoms with Gasteiger partial charge in [0.25, 0.3) is 5.56 Å². The van der Waals surface area contributed by atoms with Crippen molar-refractivity contribution < 1.29 is 19.0 Å². The van der Waals surface area contributed by atoms with Crippen LogP contribution in [0.1, 0.15) is 21.6 Å². The Morgan fingerprint density at radius 3 is 2.57 bits per heavy atom. The third kappa shape index (κ3) is 3.04. The Bertz CT molecular complexity index is 1340. The Balaban J connectivity index is 1.81. The lowest BCUT2D eigenvalue weighted by Gasteiger charge is -2.11. The molecule has 9 heteroatoms. The maximum atomic E-state index is 13.1. The first-order chi connectivity index (χ1) is 14.5. The van der Waals surface area contributed by atoms with E-state index < -0.39 is 5.97 Å². The lowest BCUT2D eigenvalue weighted by molar-refractivity contribution is 0.0602. The second-order valence-corrected chi connectivity index (χ2v) is 6.68. The number of pyridine rings is 1. The molecule has 0 saturated carbocycles. The number of aromatic nitrogens is 4. The third-order valence-electron chi connectivity index (χ3n) is 4.95. The molecule has 1 aromatic carbocycles. The van der Waals surface area contributed by atoms with Gasteiger partial charge in [-0.15, -0.1) is 0 Å². The van der Waals surface area contributed by atoms with Crippen LogP contribution < -0.4 is 15.0 Å². The molecule has 0 saturated heterocycles. The summed E-state index contributed by atoms with van der Waals surface area (Å²) in [5, 5.41) is 4.77. The molecule has 154 valence electrons. The first kappa shape index (κ1) is 19.4. The average Bonchev–Trinajstić information content (AvgIpc) is 3.11. The van der Waals surface area contributed by atoms with Crippen LogP contribution in [0.3, 0.4) is 0 Å². The van der Waals surface area contributed by atoms with Crippen molar-refractivity contribution in [3.63, 3.8) is 0 Å². The number of ether oxygens (including phenoxy) is 3. The minimum atomic E-state index is -0.517. The van der Waals surface area contributed by atoms with Crippen molar-refractivity contribution in [2.45, 2.75) is 13.5 Å². The maximum Gasteiger partial charge on any atom is 0.343 e. The minimum absolute atomic E-state index is 0.218. The van der Waals surface area contributed by atoms with Gasteiger partial charge in [0.2, 0.25) is 0 Å². The van der Waals surface area contributed by atoms with Crippen LogP contribution in [0.5, 0.6) is 11.5 Å². The molecule has 3 aromatic heterocycles. The van der Waals surface area contributed by atoms with Crippen molar-refractivity contribution in [3.05, 3.63) is 63.8 Å². The first-order valence-electron chi connectivity index (χ1n) is 9.15. The molecule has 9 nitrogen and oxygen atoms in total. The zero-order valence-electron chi connectivity index (χ0n) is 17.0. The van der Waals surface area contributed by atoms with Gasteiger partial charge >= 0.3 is 5.97 Å². The molecule has 3 heterocycles. The Kier molecular flexibility index (Phi) is 4.86. The predicted octanol–water partition coefficient (Wildman–Crippen LogP) is 2.20. The van der Waals surface area contributed by atoms with Crippen LogP contribution in [0.15, 0.2) is 41.5 Å². The molecule has 4 rings (SSSR count). The van der Waals surface area contributed by atoms with Gasteiger partial charge in [-0.25, -0.2) is 14.3 Å². The van der Waals surface area contributed by atoms with Crippen LogP contribution in [0.4, 0.5) is 0 Å². The average molecular weight is 408 g/mol. The number of rotatable bonds is 5. The van der Waals surface area contributed by atoms with Crippen molar-refractivity contribution >= 4 is 22.5 Å². The maximum absolute atomic E-state index is 13.1. The lowest BCUT2D eigenvalue weighted by atomic mass is 10.2. The third-order valence-corrected chi connectivity index (χ3v) is 4.95. The number of fused-ring (bicyclic) bond motifs is 3. The molecule has 0 aliphatic carbocycles. The molecule has 0 radical (unpaired) electrons. The molecule has 0 atom stereocenters. The minimum Gasteiger partial charge on any atom is -0.493 e. The summed E-state index contributed by atoms with van der Waals surface area (Å²) in [4.78, 5) is 29.4. The Morgan fingerprint density at radius 1 is 1.10 bits per heavy atom. The van der Waals surface area contributed by atoms with Crippen LogP contribution >= 0.6 is 0 Å². The number of hydrogen-bond acceptors (Lipinski definition) is 7. The highest BCUT2D eigenvalue weighted by atomic mass is 16.5. The van der Waals surface area contributed by atoms with E-state index in [9.17, 15) is 9.59 Å². The number of benzene rings is 1. The molecule has 0 unspecified atom stereocenters. The highest BCUT2D eigenvalue weighted by Gasteiger charge is 2.21. The van der Waals surface area contributed by atoms with Gasteiger partial charge < -0.3 is 18.8 Å². The van der Waals surface area contributed by atoms with Crippen LogP contribution in [-0.2, 0) is 11.3 Å². The van der Waals surface area contributed by atoms with E-state index in [1.165, 1.54) is 17.8 Å². The lowest BCUT2D eigenvalue weighted by Crippen LogP contribution is -2.21. The van der Waals surface area contributed by atoms with Crippen molar-refractivity contribution in [2.24, 2.45) is 0 Å². The second kappa shape index (κ2) is 7.51. The molecule has 30 heavy (non-hydrogen) atoms. The van der Waals surface area contributed by atoms with E-state index in [2.05, 4.69) is 10.1 Å². The number of nitrogens with zero attached hydrogens (tertiary/aromatic N) is 4. The van der Waals surface area contributed by atoms with Gasteiger partial charge in [0, 0.05) is 12.4 Å². The molecule has 0 spiro atoms. The zero-order chi connectivity index (χ0) is 21.4. The summed E-state index contributed by atoms with van der Waals surface area (Å²) in [6.07, 6.45) is 3.15. The van der Waals surface area contributed by atoms with E-state index >= 15 is 0 Å². The molecule has 4 aromatic rings. The summed E-state index contributed by atoms with van der Waals surface area (Å²) in [6, 6.07) is 7.28. The molecular weight excluding hydrogens is 388 g/mol. The van der Waals surface area contributed by atoms with E-state index in [4.69, 9.17) is 14.2 Å². The van der Waals surface area contributed by atoms with Gasteiger partial charge in [-0.1, -0.05) is 6.07 Å². The Labute approximate surface area is 171 Å². The molecule has 0 bridgehead atoms. The number of carbonyl (C=O) groups is 1. The number of esters is 1. The monoisotopic (exact) mass is 408 g/mol. The second-order valence-electron chi connectivity index (χ2n) is 6.68. The Morgan fingerprint density at radius 2 is 1.87 bits per heavy atom. The van der Waals surface area contributed by atoms with Crippen molar-refractivity contribution in [1.82, 2.24) is 19.2 Å².